The first-order valence-electron chi connectivity index (χ1n) is 11.4. The Bertz CT molecular complexity index is 983. The van der Waals surface area contributed by atoms with Crippen LogP contribution in [-0.4, -0.2) is 35.0 Å². The van der Waals surface area contributed by atoms with Gasteiger partial charge < -0.3 is 10.4 Å². The molecule has 2 aromatic carbocycles. The molecule has 0 radical (unpaired) electrons. The van der Waals surface area contributed by atoms with E-state index in [1.165, 1.54) is 0 Å². The van der Waals surface area contributed by atoms with E-state index in [-0.39, 0.29) is 17.9 Å². The second-order valence-corrected chi connectivity index (χ2v) is 9.40. The number of hydrogen-bond donors (Lipinski definition) is 2. The number of piperidine rings is 1. The normalized spacial score (nSPS) is 27.3. The van der Waals surface area contributed by atoms with E-state index in [1.807, 2.05) is 54.6 Å². The minimum absolute atomic E-state index is 0.0209. The summed E-state index contributed by atoms with van der Waals surface area (Å²) in [6.07, 6.45) is 3.92. The molecule has 2 N–H and O–H groups in total. The highest BCUT2D eigenvalue weighted by Crippen LogP contribution is 2.47. The van der Waals surface area contributed by atoms with Crippen LogP contribution in [0.15, 0.2) is 54.6 Å². The fourth-order valence-electron chi connectivity index (χ4n) is 5.81. The van der Waals surface area contributed by atoms with Crippen molar-refractivity contribution >= 4 is 5.91 Å². The number of carbonyl (C=O) groups excluding carboxylic acids is 1. The predicted molar refractivity (Wildman–Crippen MR) is 118 cm³/mol. The lowest BCUT2D eigenvalue weighted by atomic mass is 9.79. The van der Waals surface area contributed by atoms with Crippen LogP contribution >= 0.6 is 0 Å². The molecule has 31 heavy (non-hydrogen) atoms. The molecule has 3 aliphatic rings. The lowest BCUT2D eigenvalue weighted by Gasteiger charge is -2.33. The van der Waals surface area contributed by atoms with Gasteiger partial charge in [0.25, 0.3) is 5.91 Å². The van der Waals surface area contributed by atoms with Crippen LogP contribution in [-0.2, 0) is 16.9 Å². The lowest BCUT2D eigenvalue weighted by molar-refractivity contribution is -0.147. The van der Waals surface area contributed by atoms with Gasteiger partial charge >= 0.3 is 0 Å². The topological polar surface area (TPSA) is 76.4 Å². The molecular formula is C26H29N3O2. The number of nitrogens with one attached hydrogen (secondary N) is 1. The van der Waals surface area contributed by atoms with Crippen molar-refractivity contribution in [3.05, 3.63) is 71.3 Å². The highest BCUT2D eigenvalue weighted by molar-refractivity contribution is 5.87. The van der Waals surface area contributed by atoms with Crippen LogP contribution in [0.1, 0.15) is 42.4 Å². The fraction of sp³-hybridized carbons (Fsp3) is 0.462. The zero-order chi connectivity index (χ0) is 21.4. The van der Waals surface area contributed by atoms with Gasteiger partial charge in [0.05, 0.1) is 11.6 Å². The third kappa shape index (κ3) is 3.64. The molecule has 1 amide bonds. The maximum atomic E-state index is 13.4. The quantitative estimate of drug-likeness (QED) is 0.760. The minimum Gasteiger partial charge on any atom is -0.375 e. The number of likely N-dealkylation sites (tertiary alicyclic amines) is 1. The predicted octanol–water partition coefficient (Wildman–Crippen LogP) is 3.18. The first-order valence-corrected chi connectivity index (χ1v) is 11.4. The number of nitriles is 1. The van der Waals surface area contributed by atoms with Crippen molar-refractivity contribution in [2.75, 3.05) is 13.1 Å². The first kappa shape index (κ1) is 20.2. The second kappa shape index (κ2) is 8.11. The Morgan fingerprint density at radius 2 is 1.71 bits per heavy atom. The average molecular weight is 416 g/mol. The Morgan fingerprint density at radius 1 is 1.06 bits per heavy atom. The van der Waals surface area contributed by atoms with Crippen LogP contribution in [0.25, 0.3) is 0 Å². The molecule has 3 fully saturated rings. The van der Waals surface area contributed by atoms with Crippen LogP contribution < -0.4 is 5.32 Å². The molecule has 0 bridgehead atoms. The maximum Gasteiger partial charge on any atom is 0.257 e. The van der Waals surface area contributed by atoms with Gasteiger partial charge in [-0.1, -0.05) is 61.4 Å². The molecule has 5 heteroatoms. The molecule has 2 saturated carbocycles. The molecule has 4 atom stereocenters. The Morgan fingerprint density at radius 3 is 2.39 bits per heavy atom. The summed E-state index contributed by atoms with van der Waals surface area (Å²) >= 11 is 0. The van der Waals surface area contributed by atoms with Crippen molar-refractivity contribution in [2.45, 2.75) is 43.9 Å². The van der Waals surface area contributed by atoms with Gasteiger partial charge in [0.1, 0.15) is 0 Å². The average Bonchev–Trinajstić information content (AvgIpc) is 3.21. The molecule has 0 spiro atoms. The number of aliphatic hydroxyl groups is 1. The molecule has 3 unspecified atom stereocenters. The molecule has 1 aliphatic heterocycles. The minimum atomic E-state index is -1.44. The SMILES string of the molecule is N#Cc1ccccc1CN1CC2C(NC(=O)C(O)(c3ccccc3)C3CCCC3)[C@H]2C1. The zero-order valence-corrected chi connectivity index (χ0v) is 17.7. The molecule has 5 nitrogen and oxygen atoms in total. The van der Waals surface area contributed by atoms with E-state index in [9.17, 15) is 15.2 Å². The van der Waals surface area contributed by atoms with Gasteiger partial charge in [0.2, 0.25) is 0 Å². The van der Waals surface area contributed by atoms with Crippen molar-refractivity contribution in [2.24, 2.45) is 17.8 Å². The number of hydrogen-bond acceptors (Lipinski definition) is 4. The van der Waals surface area contributed by atoms with Gasteiger partial charge in [0, 0.05) is 31.6 Å². The van der Waals surface area contributed by atoms with Crippen LogP contribution in [0.2, 0.25) is 0 Å². The monoisotopic (exact) mass is 415 g/mol. The standard InChI is InChI=1S/C26H29N3O2/c27-14-18-8-4-5-9-19(18)15-29-16-22-23(17-29)24(22)28-25(30)26(31,21-12-6-7-13-21)20-10-2-1-3-11-20/h1-5,8-11,21-24,31H,6-7,12-13,15-17H2,(H,28,30)/t22-,23?,24?,26?/m0/s1. The molecule has 1 saturated heterocycles. The van der Waals surface area contributed by atoms with Gasteiger partial charge in [-0.05, 0) is 41.9 Å². The van der Waals surface area contributed by atoms with Crippen molar-refractivity contribution in [1.29, 1.82) is 5.26 Å². The highest BCUT2D eigenvalue weighted by Gasteiger charge is 2.58. The first-order chi connectivity index (χ1) is 15.1. The molecule has 5 rings (SSSR count). The van der Waals surface area contributed by atoms with E-state index in [2.05, 4.69) is 16.3 Å². The number of nitrogens with zero attached hydrogens (tertiary/aromatic N) is 2. The number of rotatable bonds is 6. The Kier molecular flexibility index (Phi) is 5.29. The van der Waals surface area contributed by atoms with Gasteiger partial charge in [0.15, 0.2) is 5.60 Å². The Labute approximate surface area is 183 Å². The van der Waals surface area contributed by atoms with E-state index in [0.717, 1.165) is 56.4 Å². The fourth-order valence-corrected chi connectivity index (χ4v) is 5.81. The summed E-state index contributed by atoms with van der Waals surface area (Å²) in [6.45, 7) is 2.61. The summed E-state index contributed by atoms with van der Waals surface area (Å²) in [5.41, 5.74) is 1.06. The van der Waals surface area contributed by atoms with Crippen LogP contribution in [0, 0.1) is 29.1 Å². The van der Waals surface area contributed by atoms with Gasteiger partial charge in [-0.3, -0.25) is 9.69 Å². The smallest absolute Gasteiger partial charge is 0.257 e. The van der Waals surface area contributed by atoms with E-state index < -0.39 is 5.60 Å². The summed E-state index contributed by atoms with van der Waals surface area (Å²) in [5, 5.41) is 24.2. The molecule has 2 aromatic rings. The second-order valence-electron chi connectivity index (χ2n) is 9.40. The summed E-state index contributed by atoms with van der Waals surface area (Å²) in [6, 6.07) is 19.6. The number of amides is 1. The summed E-state index contributed by atoms with van der Waals surface area (Å²) in [4.78, 5) is 15.7. The van der Waals surface area contributed by atoms with Crippen molar-refractivity contribution < 1.29 is 9.90 Å². The molecular weight excluding hydrogens is 386 g/mol. The maximum absolute atomic E-state index is 13.4. The van der Waals surface area contributed by atoms with Crippen molar-refractivity contribution in [3.8, 4) is 6.07 Å². The van der Waals surface area contributed by atoms with Crippen LogP contribution in [0.4, 0.5) is 0 Å². The van der Waals surface area contributed by atoms with Crippen LogP contribution in [0.3, 0.4) is 0 Å². The summed E-state index contributed by atoms with van der Waals surface area (Å²) in [7, 11) is 0. The number of carbonyl (C=O) groups is 1. The lowest BCUT2D eigenvalue weighted by Crippen LogP contribution is -2.50. The summed E-state index contributed by atoms with van der Waals surface area (Å²) < 4.78 is 0. The van der Waals surface area contributed by atoms with E-state index in [1.54, 1.807) is 0 Å². The van der Waals surface area contributed by atoms with Gasteiger partial charge in [-0.2, -0.15) is 5.26 Å². The van der Waals surface area contributed by atoms with Crippen molar-refractivity contribution in [3.63, 3.8) is 0 Å². The molecule has 2 aliphatic carbocycles. The summed E-state index contributed by atoms with van der Waals surface area (Å²) in [5.74, 6) is 0.613. The van der Waals surface area contributed by atoms with Gasteiger partial charge in [-0.25, -0.2) is 0 Å². The molecule has 0 aromatic heterocycles. The third-order valence-electron chi connectivity index (χ3n) is 7.61. The van der Waals surface area contributed by atoms with Crippen molar-refractivity contribution in [1.82, 2.24) is 10.2 Å². The number of fused-ring (bicyclic) bond motifs is 1. The molecule has 1 heterocycles. The third-order valence-corrected chi connectivity index (χ3v) is 7.61. The highest BCUT2D eigenvalue weighted by atomic mass is 16.3. The van der Waals surface area contributed by atoms with Crippen LogP contribution in [0.5, 0.6) is 0 Å². The van der Waals surface area contributed by atoms with E-state index in [0.29, 0.717) is 17.4 Å². The number of benzene rings is 2. The largest absolute Gasteiger partial charge is 0.375 e. The van der Waals surface area contributed by atoms with E-state index >= 15 is 0 Å². The Hall–Kier alpha value is -2.68. The Balaban J connectivity index is 1.24. The van der Waals surface area contributed by atoms with E-state index in [4.69, 9.17) is 0 Å². The van der Waals surface area contributed by atoms with Gasteiger partial charge in [-0.15, -0.1) is 0 Å². The molecule has 160 valence electrons. The zero-order valence-electron chi connectivity index (χ0n) is 17.7.